The average molecular weight is 399 g/mol. The molecule has 2 aliphatic heterocycles. The molecule has 0 spiro atoms. The molecule has 5 rings (SSSR count). The molecule has 0 amide bonds. The maximum Gasteiger partial charge on any atom is 0.154 e. The minimum Gasteiger partial charge on any atom is -0.369 e. The van der Waals surface area contributed by atoms with Crippen molar-refractivity contribution >= 4 is 22.9 Å². The molecule has 4 heterocycles. The number of ether oxygens (including phenoxy) is 1. The Balaban J connectivity index is 1.37. The molecule has 2 atom stereocenters. The lowest BCUT2D eigenvalue weighted by atomic mass is 10.0. The van der Waals surface area contributed by atoms with Crippen molar-refractivity contribution in [2.45, 2.75) is 39.4 Å². The third-order valence-electron chi connectivity index (χ3n) is 5.78. The number of anilines is 1. The number of benzene rings is 1. The summed E-state index contributed by atoms with van der Waals surface area (Å²) in [5, 5.41) is 10.5. The Morgan fingerprint density at radius 1 is 1.20 bits per heavy atom. The largest absolute Gasteiger partial charge is 0.369 e. The van der Waals surface area contributed by atoms with E-state index >= 15 is 0 Å². The number of aromatic nitrogens is 3. The first-order valence-electron chi connectivity index (χ1n) is 10.3. The number of epoxide rings is 1. The van der Waals surface area contributed by atoms with Crippen LogP contribution in [0.3, 0.4) is 0 Å². The number of amidine groups is 1. The lowest BCUT2D eigenvalue weighted by molar-refractivity contribution is 0.334. The van der Waals surface area contributed by atoms with Crippen molar-refractivity contribution < 1.29 is 4.74 Å². The summed E-state index contributed by atoms with van der Waals surface area (Å²) in [6.07, 6.45) is 5.23. The van der Waals surface area contributed by atoms with E-state index in [0.717, 1.165) is 45.9 Å². The molecule has 0 aliphatic carbocycles. The van der Waals surface area contributed by atoms with Gasteiger partial charge in [0.05, 0.1) is 18.4 Å². The van der Waals surface area contributed by atoms with Crippen molar-refractivity contribution in [2.24, 2.45) is 10.9 Å². The van der Waals surface area contributed by atoms with E-state index in [1.54, 1.807) is 0 Å². The second-order valence-corrected chi connectivity index (χ2v) is 8.34. The Hall–Kier alpha value is -3.25. The molecule has 0 saturated carbocycles. The highest BCUT2D eigenvalue weighted by atomic mass is 16.6. The van der Waals surface area contributed by atoms with Crippen molar-refractivity contribution in [1.82, 2.24) is 15.2 Å². The standard InChI is InChI=1S/C24H25N5O/c1-13(2)23-21(30-23)9-16-7-8-25-22(10-16)28-24-14(3)18-11-17(5-6-20(18)27-24)19-12-26-29-15(19)4/h5-8,10-13,21,23H,3,9H2,1-2,4H3,(H,26,29)(H,25,27,28). The van der Waals surface area contributed by atoms with Gasteiger partial charge in [-0.15, -0.1) is 0 Å². The zero-order valence-electron chi connectivity index (χ0n) is 17.4. The molecule has 6 heteroatoms. The number of fused-ring (bicyclic) bond motifs is 1. The molecular formula is C24H25N5O. The quantitative estimate of drug-likeness (QED) is 0.597. The Morgan fingerprint density at radius 3 is 2.80 bits per heavy atom. The highest BCUT2D eigenvalue weighted by molar-refractivity contribution is 6.34. The third kappa shape index (κ3) is 3.44. The summed E-state index contributed by atoms with van der Waals surface area (Å²) in [7, 11) is 0. The maximum atomic E-state index is 5.78. The number of pyridine rings is 1. The molecule has 2 aliphatic rings. The van der Waals surface area contributed by atoms with Gasteiger partial charge in [0.25, 0.3) is 0 Å². The fraction of sp³-hybridized carbons (Fsp3) is 0.292. The van der Waals surface area contributed by atoms with Gasteiger partial charge in [-0.1, -0.05) is 26.5 Å². The van der Waals surface area contributed by atoms with Gasteiger partial charge in [0.2, 0.25) is 0 Å². The minimum atomic E-state index is 0.307. The van der Waals surface area contributed by atoms with Crippen LogP contribution in [0, 0.1) is 12.8 Å². The van der Waals surface area contributed by atoms with Crippen LogP contribution < -0.4 is 5.32 Å². The van der Waals surface area contributed by atoms with Crippen LogP contribution in [0.4, 0.5) is 11.5 Å². The lowest BCUT2D eigenvalue weighted by Crippen LogP contribution is -2.05. The summed E-state index contributed by atoms with van der Waals surface area (Å²) in [6.45, 7) is 10.7. The Bertz CT molecular complexity index is 1160. The zero-order valence-corrected chi connectivity index (χ0v) is 17.4. The number of aromatic amines is 1. The highest BCUT2D eigenvalue weighted by Crippen LogP contribution is 2.36. The van der Waals surface area contributed by atoms with Gasteiger partial charge in [-0.3, -0.25) is 5.10 Å². The predicted octanol–water partition coefficient (Wildman–Crippen LogP) is 4.91. The van der Waals surface area contributed by atoms with Crippen LogP contribution in [0.25, 0.3) is 16.7 Å². The van der Waals surface area contributed by atoms with Crippen LogP contribution >= 0.6 is 0 Å². The molecule has 152 valence electrons. The van der Waals surface area contributed by atoms with E-state index in [0.29, 0.717) is 23.9 Å². The van der Waals surface area contributed by atoms with Crippen molar-refractivity contribution in [3.05, 3.63) is 66.1 Å². The number of nitrogens with one attached hydrogen (secondary N) is 2. The number of aliphatic imine (C=N–C) groups is 1. The van der Waals surface area contributed by atoms with Crippen molar-refractivity contribution in [3.8, 4) is 11.1 Å². The van der Waals surface area contributed by atoms with Crippen LogP contribution in [-0.4, -0.2) is 33.2 Å². The highest BCUT2D eigenvalue weighted by Gasteiger charge is 2.40. The Kier molecular flexibility index (Phi) is 4.51. The van der Waals surface area contributed by atoms with Crippen LogP contribution in [0.2, 0.25) is 0 Å². The van der Waals surface area contributed by atoms with Gasteiger partial charge in [-0.25, -0.2) is 9.98 Å². The predicted molar refractivity (Wildman–Crippen MR) is 120 cm³/mol. The van der Waals surface area contributed by atoms with Gasteiger partial charge in [0.1, 0.15) is 5.84 Å². The van der Waals surface area contributed by atoms with Crippen LogP contribution in [-0.2, 0) is 11.2 Å². The van der Waals surface area contributed by atoms with Gasteiger partial charge in [0, 0.05) is 40.7 Å². The summed E-state index contributed by atoms with van der Waals surface area (Å²) in [6, 6.07) is 10.3. The number of H-pyrrole nitrogens is 1. The molecule has 1 fully saturated rings. The first-order chi connectivity index (χ1) is 14.5. The van der Waals surface area contributed by atoms with E-state index in [2.05, 4.69) is 59.1 Å². The normalized spacial score (nSPS) is 21.2. The molecule has 1 aromatic carbocycles. The molecular weight excluding hydrogens is 374 g/mol. The van der Waals surface area contributed by atoms with Crippen molar-refractivity contribution in [2.75, 3.05) is 5.32 Å². The van der Waals surface area contributed by atoms with Crippen LogP contribution in [0.5, 0.6) is 0 Å². The zero-order chi connectivity index (χ0) is 20.8. The molecule has 1 saturated heterocycles. The molecule has 2 unspecified atom stereocenters. The lowest BCUT2D eigenvalue weighted by Gasteiger charge is -2.03. The maximum absolute atomic E-state index is 5.78. The van der Waals surface area contributed by atoms with Crippen molar-refractivity contribution in [3.63, 3.8) is 0 Å². The molecule has 30 heavy (non-hydrogen) atoms. The second-order valence-electron chi connectivity index (χ2n) is 8.34. The number of rotatable bonds is 5. The van der Waals surface area contributed by atoms with Gasteiger partial charge < -0.3 is 10.1 Å². The number of hydrogen-bond acceptors (Lipinski definition) is 4. The topological polar surface area (TPSA) is 78.5 Å². The summed E-state index contributed by atoms with van der Waals surface area (Å²) in [5.74, 6) is 1.96. The average Bonchev–Trinajstić information content (AvgIpc) is 3.26. The van der Waals surface area contributed by atoms with E-state index in [4.69, 9.17) is 9.73 Å². The van der Waals surface area contributed by atoms with Gasteiger partial charge in [0.15, 0.2) is 5.82 Å². The molecule has 0 radical (unpaired) electrons. The van der Waals surface area contributed by atoms with E-state index in [1.807, 2.05) is 31.5 Å². The third-order valence-corrected chi connectivity index (χ3v) is 5.78. The first-order valence-corrected chi connectivity index (χ1v) is 10.3. The molecule has 2 N–H and O–H groups in total. The van der Waals surface area contributed by atoms with E-state index in [1.165, 1.54) is 5.56 Å². The van der Waals surface area contributed by atoms with Crippen LogP contribution in [0.1, 0.15) is 30.7 Å². The molecule has 3 aromatic rings. The minimum absolute atomic E-state index is 0.307. The van der Waals surface area contributed by atoms with E-state index < -0.39 is 0 Å². The summed E-state index contributed by atoms with van der Waals surface area (Å²) in [4.78, 5) is 9.17. The molecule has 0 bridgehead atoms. The summed E-state index contributed by atoms with van der Waals surface area (Å²) >= 11 is 0. The van der Waals surface area contributed by atoms with Crippen molar-refractivity contribution in [1.29, 1.82) is 0 Å². The molecule has 6 nitrogen and oxygen atoms in total. The smallest absolute Gasteiger partial charge is 0.154 e. The van der Waals surface area contributed by atoms with Crippen LogP contribution in [0.15, 0.2) is 54.3 Å². The van der Waals surface area contributed by atoms with E-state index in [-0.39, 0.29) is 0 Å². The van der Waals surface area contributed by atoms with E-state index in [9.17, 15) is 0 Å². The van der Waals surface area contributed by atoms with Gasteiger partial charge in [-0.2, -0.15) is 5.10 Å². The fourth-order valence-electron chi connectivity index (χ4n) is 4.04. The first kappa shape index (κ1) is 18.8. The number of nitrogens with zero attached hydrogens (tertiary/aromatic N) is 3. The number of hydrogen-bond donors (Lipinski definition) is 2. The fourth-order valence-corrected chi connectivity index (χ4v) is 4.04. The molecule has 2 aromatic heterocycles. The Labute approximate surface area is 176 Å². The SMILES string of the molecule is C=C1C(=Nc2cc(CC3OC3C(C)C)ccn2)Nc2ccc(-c3cn[nH]c3C)cc21. The van der Waals surface area contributed by atoms with Gasteiger partial charge in [-0.05, 0) is 48.2 Å². The second kappa shape index (κ2) is 7.22. The number of aryl methyl sites for hydroxylation is 1. The monoisotopic (exact) mass is 399 g/mol. The summed E-state index contributed by atoms with van der Waals surface area (Å²) in [5.41, 5.74) is 7.35. The summed E-state index contributed by atoms with van der Waals surface area (Å²) < 4.78 is 5.78. The Morgan fingerprint density at radius 2 is 2.07 bits per heavy atom. The van der Waals surface area contributed by atoms with Gasteiger partial charge >= 0.3 is 0 Å².